The van der Waals surface area contributed by atoms with Crippen LogP contribution in [-0.4, -0.2) is 40.9 Å². The number of carbonyl (C=O) groups excluding carboxylic acids is 2. The average molecular weight is 468 g/mol. The van der Waals surface area contributed by atoms with Gasteiger partial charge in [0.25, 0.3) is 5.91 Å². The molecule has 5 nitrogen and oxygen atoms in total. The van der Waals surface area contributed by atoms with Gasteiger partial charge in [-0.1, -0.05) is 36.0 Å². The topological polar surface area (TPSA) is 54.3 Å². The number of likely N-dealkylation sites (tertiary alicyclic amines) is 1. The number of rotatable bonds is 8. The van der Waals surface area contributed by atoms with Crippen molar-refractivity contribution in [3.63, 3.8) is 0 Å². The molecule has 4 rings (SSSR count). The van der Waals surface area contributed by atoms with Gasteiger partial charge < -0.3 is 14.8 Å². The highest BCUT2D eigenvalue weighted by Crippen LogP contribution is 2.36. The van der Waals surface area contributed by atoms with Gasteiger partial charge in [0, 0.05) is 65.6 Å². The molecule has 2 heterocycles. The summed E-state index contributed by atoms with van der Waals surface area (Å²) in [4.78, 5) is 28.0. The molecule has 0 radical (unpaired) electrons. The third kappa shape index (κ3) is 5.03. The molecule has 1 aromatic heterocycles. The number of hydrogen-bond donors (Lipinski definition) is 1. The molecular weight excluding hydrogens is 442 g/mol. The first-order valence-electron chi connectivity index (χ1n) is 10.7. The van der Waals surface area contributed by atoms with Crippen molar-refractivity contribution in [2.24, 2.45) is 7.05 Å². The van der Waals surface area contributed by atoms with Crippen LogP contribution in [0.3, 0.4) is 0 Å². The minimum Gasteiger partial charge on any atom is -0.352 e. The first-order valence-corrected chi connectivity index (χ1v) is 11.9. The maximum Gasteiger partial charge on any atom is 0.251 e. The number of carbonyl (C=O) groups is 2. The highest BCUT2D eigenvalue weighted by atomic mass is 35.5. The molecule has 0 spiro atoms. The van der Waals surface area contributed by atoms with E-state index in [-0.39, 0.29) is 11.8 Å². The Bertz CT molecular complexity index is 1190. The van der Waals surface area contributed by atoms with Gasteiger partial charge in [-0.2, -0.15) is 0 Å². The van der Waals surface area contributed by atoms with Crippen molar-refractivity contribution in [3.8, 4) is 0 Å². The van der Waals surface area contributed by atoms with E-state index in [9.17, 15) is 9.59 Å². The van der Waals surface area contributed by atoms with Crippen LogP contribution in [0.1, 0.15) is 24.8 Å². The summed E-state index contributed by atoms with van der Waals surface area (Å²) in [5, 5.41) is 4.66. The van der Waals surface area contributed by atoms with Crippen molar-refractivity contribution >= 4 is 51.7 Å². The lowest BCUT2D eigenvalue weighted by molar-refractivity contribution is -0.127. The van der Waals surface area contributed by atoms with Gasteiger partial charge in [0.05, 0.1) is 5.02 Å². The largest absolute Gasteiger partial charge is 0.352 e. The first kappa shape index (κ1) is 22.5. The molecule has 3 aromatic rings. The fourth-order valence-electron chi connectivity index (χ4n) is 3.87. The molecule has 32 heavy (non-hydrogen) atoms. The first-order chi connectivity index (χ1) is 15.4. The Morgan fingerprint density at radius 1 is 1.22 bits per heavy atom. The van der Waals surface area contributed by atoms with Gasteiger partial charge in [-0.3, -0.25) is 9.59 Å². The van der Waals surface area contributed by atoms with E-state index in [1.165, 1.54) is 10.9 Å². The highest BCUT2D eigenvalue weighted by Gasteiger charge is 2.19. The smallest absolute Gasteiger partial charge is 0.251 e. The molecule has 0 saturated carbocycles. The molecule has 0 unspecified atom stereocenters. The van der Waals surface area contributed by atoms with E-state index >= 15 is 0 Å². The van der Waals surface area contributed by atoms with Crippen LogP contribution in [0, 0.1) is 0 Å². The van der Waals surface area contributed by atoms with Crippen LogP contribution in [0.2, 0.25) is 5.02 Å². The number of aryl methyl sites for hydroxylation is 1. The fraction of sp³-hybridized carbons (Fsp3) is 0.280. The maximum absolute atomic E-state index is 12.5. The van der Waals surface area contributed by atoms with Gasteiger partial charge in [-0.25, -0.2) is 0 Å². The van der Waals surface area contributed by atoms with Crippen LogP contribution in [0.15, 0.2) is 65.0 Å². The van der Waals surface area contributed by atoms with E-state index < -0.39 is 0 Å². The fourth-order valence-corrected chi connectivity index (χ4v) is 5.04. The normalized spacial score (nSPS) is 13.7. The number of halogens is 1. The number of nitrogens with zero attached hydrogens (tertiary/aromatic N) is 2. The molecule has 1 fully saturated rings. The molecule has 0 atom stereocenters. The number of nitrogens with one attached hydrogen (secondary N) is 1. The van der Waals surface area contributed by atoms with Crippen molar-refractivity contribution in [1.82, 2.24) is 14.8 Å². The van der Waals surface area contributed by atoms with Crippen molar-refractivity contribution in [2.75, 3.05) is 19.6 Å². The molecule has 166 valence electrons. The zero-order valence-electron chi connectivity index (χ0n) is 18.1. The lowest BCUT2D eigenvalue weighted by Gasteiger charge is -2.15. The maximum atomic E-state index is 12.5. The van der Waals surface area contributed by atoms with Gasteiger partial charge in [-0.05, 0) is 54.8 Å². The number of benzene rings is 2. The molecule has 0 aliphatic carbocycles. The van der Waals surface area contributed by atoms with Gasteiger partial charge in [-0.15, -0.1) is 0 Å². The van der Waals surface area contributed by atoms with Crippen LogP contribution >= 0.6 is 23.4 Å². The van der Waals surface area contributed by atoms with Crippen LogP contribution < -0.4 is 5.32 Å². The zero-order valence-corrected chi connectivity index (χ0v) is 19.6. The summed E-state index contributed by atoms with van der Waals surface area (Å²) < 4.78 is 2.09. The SMILES string of the molecule is C=C(C(=O)NCCCN1CCCC1=O)c1ccc(Sc2ccc3c(ccn3C)c2)c(Cl)c1. The number of amides is 2. The van der Waals surface area contributed by atoms with E-state index in [1.54, 1.807) is 17.8 Å². The van der Waals surface area contributed by atoms with E-state index in [2.05, 4.69) is 40.7 Å². The Kier molecular flexibility index (Phi) is 6.92. The third-order valence-electron chi connectivity index (χ3n) is 5.70. The molecular formula is C25H26ClN3O2S. The lowest BCUT2D eigenvalue weighted by Crippen LogP contribution is -2.30. The quantitative estimate of drug-likeness (QED) is 0.369. The molecule has 1 saturated heterocycles. The van der Waals surface area contributed by atoms with E-state index in [4.69, 9.17) is 11.6 Å². The van der Waals surface area contributed by atoms with Crippen molar-refractivity contribution in [1.29, 1.82) is 0 Å². The van der Waals surface area contributed by atoms with Crippen molar-refractivity contribution < 1.29 is 9.59 Å². The molecule has 2 amide bonds. The van der Waals surface area contributed by atoms with E-state index in [1.807, 2.05) is 30.3 Å². The Morgan fingerprint density at radius 3 is 2.81 bits per heavy atom. The van der Waals surface area contributed by atoms with Crippen molar-refractivity contribution in [2.45, 2.75) is 29.1 Å². The molecule has 7 heteroatoms. The van der Waals surface area contributed by atoms with Gasteiger partial charge in [0.1, 0.15) is 0 Å². The summed E-state index contributed by atoms with van der Waals surface area (Å²) in [5.41, 5.74) is 2.27. The molecule has 1 aliphatic heterocycles. The summed E-state index contributed by atoms with van der Waals surface area (Å²) >= 11 is 8.12. The standard InChI is InChI=1S/C25H26ClN3O2S/c1-17(25(31)27-11-4-13-29-12-3-5-24(29)30)18-6-9-23(21(26)16-18)32-20-7-8-22-19(15-20)10-14-28(22)2/h6-10,14-16H,1,3-5,11-13H2,2H3,(H,27,31). The Hall–Kier alpha value is -2.70. The lowest BCUT2D eigenvalue weighted by atomic mass is 10.1. The van der Waals surface area contributed by atoms with Gasteiger partial charge in [0.15, 0.2) is 0 Å². The summed E-state index contributed by atoms with van der Waals surface area (Å²) in [6.07, 6.45) is 4.34. The van der Waals surface area contributed by atoms with Crippen LogP contribution in [0.5, 0.6) is 0 Å². The van der Waals surface area contributed by atoms with Gasteiger partial charge >= 0.3 is 0 Å². The number of hydrogen-bond acceptors (Lipinski definition) is 3. The van der Waals surface area contributed by atoms with Crippen LogP contribution in [0.25, 0.3) is 16.5 Å². The molecule has 2 aromatic carbocycles. The number of fused-ring (bicyclic) bond motifs is 1. The minimum atomic E-state index is -0.219. The minimum absolute atomic E-state index is 0.206. The second-order valence-electron chi connectivity index (χ2n) is 7.97. The monoisotopic (exact) mass is 467 g/mol. The van der Waals surface area contributed by atoms with E-state index in [0.29, 0.717) is 35.7 Å². The predicted molar refractivity (Wildman–Crippen MR) is 131 cm³/mol. The summed E-state index contributed by atoms with van der Waals surface area (Å²) in [6.45, 7) is 5.94. The molecule has 1 N–H and O–H groups in total. The van der Waals surface area contributed by atoms with Crippen LogP contribution in [-0.2, 0) is 16.6 Å². The number of aromatic nitrogens is 1. The van der Waals surface area contributed by atoms with Crippen LogP contribution in [0.4, 0.5) is 0 Å². The summed E-state index contributed by atoms with van der Waals surface area (Å²) in [6, 6.07) is 14.0. The Labute approximate surface area is 197 Å². The van der Waals surface area contributed by atoms with E-state index in [0.717, 1.165) is 29.2 Å². The third-order valence-corrected chi connectivity index (χ3v) is 7.19. The summed E-state index contributed by atoms with van der Waals surface area (Å²) in [7, 11) is 2.03. The summed E-state index contributed by atoms with van der Waals surface area (Å²) in [5.74, 6) is -0.0132. The second kappa shape index (κ2) is 9.84. The zero-order chi connectivity index (χ0) is 22.7. The molecule has 1 aliphatic rings. The molecule has 0 bridgehead atoms. The Balaban J connectivity index is 1.33. The van der Waals surface area contributed by atoms with Gasteiger partial charge in [0.2, 0.25) is 5.91 Å². The second-order valence-corrected chi connectivity index (χ2v) is 9.49. The van der Waals surface area contributed by atoms with Crippen molar-refractivity contribution in [3.05, 3.63) is 65.8 Å². The Morgan fingerprint density at radius 2 is 2.06 bits per heavy atom. The predicted octanol–water partition coefficient (Wildman–Crippen LogP) is 5.12. The highest BCUT2D eigenvalue weighted by molar-refractivity contribution is 7.99. The average Bonchev–Trinajstić information content (AvgIpc) is 3.37.